The number of carbonyl (C=O) groups excluding carboxylic acids is 1. The Labute approximate surface area is 168 Å². The monoisotopic (exact) mass is 395 g/mol. The normalized spacial score (nSPS) is 10.3. The van der Waals surface area contributed by atoms with Crippen molar-refractivity contribution in [1.82, 2.24) is 4.98 Å². The maximum Gasteiger partial charge on any atom is 0.225 e. The van der Waals surface area contributed by atoms with Gasteiger partial charge in [-0.1, -0.05) is 12.1 Å². The van der Waals surface area contributed by atoms with Crippen molar-refractivity contribution < 1.29 is 18.7 Å². The summed E-state index contributed by atoms with van der Waals surface area (Å²) in [6.45, 7) is 0. The molecule has 0 fully saturated rings. The van der Waals surface area contributed by atoms with Crippen LogP contribution in [0.25, 0.3) is 0 Å². The van der Waals surface area contributed by atoms with Gasteiger partial charge in [0, 0.05) is 12.1 Å². The summed E-state index contributed by atoms with van der Waals surface area (Å²) in [7, 11) is 3.16. The minimum atomic E-state index is -0.318. The van der Waals surface area contributed by atoms with Gasteiger partial charge in [0.1, 0.15) is 11.6 Å². The van der Waals surface area contributed by atoms with Crippen molar-refractivity contribution in [3.8, 4) is 11.5 Å². The molecule has 29 heavy (non-hydrogen) atoms. The van der Waals surface area contributed by atoms with Crippen LogP contribution < -0.4 is 20.1 Å². The largest absolute Gasteiger partial charge is 0.493 e. The number of hydrogen-bond donors (Lipinski definition) is 2. The Kier molecular flexibility index (Phi) is 6.63. The predicted octanol–water partition coefficient (Wildman–Crippen LogP) is 4.55. The van der Waals surface area contributed by atoms with E-state index in [0.29, 0.717) is 41.5 Å². The molecule has 1 amide bonds. The first-order valence-corrected chi connectivity index (χ1v) is 9.07. The van der Waals surface area contributed by atoms with Crippen molar-refractivity contribution in [3.63, 3.8) is 0 Å². The summed E-state index contributed by atoms with van der Waals surface area (Å²) < 4.78 is 23.7. The number of halogens is 1. The summed E-state index contributed by atoms with van der Waals surface area (Å²) in [6, 6.07) is 15.2. The summed E-state index contributed by atoms with van der Waals surface area (Å²) >= 11 is 0. The molecule has 2 aromatic carbocycles. The number of nitrogens with one attached hydrogen (secondary N) is 2. The summed E-state index contributed by atoms with van der Waals surface area (Å²) in [5.74, 6) is 1.27. The molecule has 7 heteroatoms. The molecule has 3 rings (SSSR count). The number of pyridine rings is 1. The van der Waals surface area contributed by atoms with Gasteiger partial charge in [-0.15, -0.1) is 0 Å². The number of methoxy groups -OCH3 is 2. The molecule has 0 unspecified atom stereocenters. The second-order valence-electron chi connectivity index (χ2n) is 6.30. The zero-order valence-electron chi connectivity index (χ0n) is 16.2. The van der Waals surface area contributed by atoms with Crippen LogP contribution in [-0.2, 0) is 11.2 Å². The highest BCUT2D eigenvalue weighted by atomic mass is 19.1. The Morgan fingerprint density at radius 1 is 1.00 bits per heavy atom. The molecule has 0 atom stereocenters. The lowest BCUT2D eigenvalue weighted by Crippen LogP contribution is -2.13. The molecule has 0 radical (unpaired) electrons. The van der Waals surface area contributed by atoms with Crippen LogP contribution in [-0.4, -0.2) is 25.1 Å². The van der Waals surface area contributed by atoms with Crippen LogP contribution in [0.15, 0.2) is 60.8 Å². The van der Waals surface area contributed by atoms with Crippen molar-refractivity contribution in [2.24, 2.45) is 0 Å². The van der Waals surface area contributed by atoms with E-state index in [4.69, 9.17) is 9.47 Å². The SMILES string of the molecule is COc1ccc(CCC(=O)Nc2ccc(Nc3cccc(F)c3)cn2)cc1OC. The van der Waals surface area contributed by atoms with Gasteiger partial charge in [-0.25, -0.2) is 9.37 Å². The Hall–Kier alpha value is -3.61. The summed E-state index contributed by atoms with van der Waals surface area (Å²) in [5, 5.41) is 5.82. The first-order valence-electron chi connectivity index (χ1n) is 9.07. The standard InChI is InChI=1S/C22H22FN3O3/c1-28-19-9-6-15(12-20(19)29-2)7-11-22(27)26-21-10-8-18(14-24-21)25-17-5-3-4-16(23)13-17/h3-6,8-10,12-14,25H,7,11H2,1-2H3,(H,24,26,27). The number of rotatable bonds is 8. The van der Waals surface area contributed by atoms with Gasteiger partial charge in [0.2, 0.25) is 5.91 Å². The van der Waals surface area contributed by atoms with E-state index in [9.17, 15) is 9.18 Å². The van der Waals surface area contributed by atoms with E-state index in [-0.39, 0.29) is 11.7 Å². The van der Waals surface area contributed by atoms with Gasteiger partial charge in [0.15, 0.2) is 11.5 Å². The lowest BCUT2D eigenvalue weighted by Gasteiger charge is -2.10. The number of ether oxygens (including phenoxy) is 2. The van der Waals surface area contributed by atoms with Crippen molar-refractivity contribution in [2.45, 2.75) is 12.8 Å². The number of benzene rings is 2. The Morgan fingerprint density at radius 2 is 1.83 bits per heavy atom. The van der Waals surface area contributed by atoms with E-state index in [1.165, 1.54) is 12.1 Å². The highest BCUT2D eigenvalue weighted by Gasteiger charge is 2.08. The molecule has 1 aromatic heterocycles. The number of hydrogen-bond acceptors (Lipinski definition) is 5. The third-order valence-corrected chi connectivity index (χ3v) is 4.23. The third kappa shape index (κ3) is 5.68. The lowest BCUT2D eigenvalue weighted by molar-refractivity contribution is -0.116. The van der Waals surface area contributed by atoms with Crippen LogP contribution in [0.5, 0.6) is 11.5 Å². The zero-order chi connectivity index (χ0) is 20.6. The van der Waals surface area contributed by atoms with Gasteiger partial charge >= 0.3 is 0 Å². The van der Waals surface area contributed by atoms with E-state index in [0.717, 1.165) is 5.56 Å². The summed E-state index contributed by atoms with van der Waals surface area (Å²) in [6.07, 6.45) is 2.45. The fourth-order valence-electron chi connectivity index (χ4n) is 2.77. The van der Waals surface area contributed by atoms with Crippen molar-refractivity contribution in [1.29, 1.82) is 0 Å². The van der Waals surface area contributed by atoms with Crippen LogP contribution in [0, 0.1) is 5.82 Å². The molecule has 0 bridgehead atoms. The van der Waals surface area contributed by atoms with Crippen LogP contribution in [0.3, 0.4) is 0 Å². The van der Waals surface area contributed by atoms with E-state index < -0.39 is 0 Å². The number of anilines is 3. The summed E-state index contributed by atoms with van der Waals surface area (Å²) in [5.41, 5.74) is 2.29. The number of aryl methyl sites for hydroxylation is 1. The molecule has 6 nitrogen and oxygen atoms in total. The molecule has 150 valence electrons. The molecule has 0 aliphatic rings. The Morgan fingerprint density at radius 3 is 2.52 bits per heavy atom. The predicted molar refractivity (Wildman–Crippen MR) is 110 cm³/mol. The van der Waals surface area contributed by atoms with E-state index in [2.05, 4.69) is 15.6 Å². The maximum atomic E-state index is 13.2. The van der Waals surface area contributed by atoms with Gasteiger partial charge in [0.25, 0.3) is 0 Å². The van der Waals surface area contributed by atoms with Gasteiger partial charge in [-0.05, 0) is 54.4 Å². The minimum absolute atomic E-state index is 0.141. The number of carbonyl (C=O) groups is 1. The van der Waals surface area contributed by atoms with E-state index in [1.807, 2.05) is 18.2 Å². The van der Waals surface area contributed by atoms with Crippen molar-refractivity contribution in [3.05, 3.63) is 72.2 Å². The van der Waals surface area contributed by atoms with Crippen LogP contribution in [0.1, 0.15) is 12.0 Å². The molecule has 3 aromatic rings. The van der Waals surface area contributed by atoms with Crippen molar-refractivity contribution in [2.75, 3.05) is 24.9 Å². The molecule has 0 saturated heterocycles. The highest BCUT2D eigenvalue weighted by Crippen LogP contribution is 2.28. The number of aromatic nitrogens is 1. The van der Waals surface area contributed by atoms with E-state index in [1.54, 1.807) is 44.7 Å². The zero-order valence-corrected chi connectivity index (χ0v) is 16.2. The second-order valence-corrected chi connectivity index (χ2v) is 6.30. The highest BCUT2D eigenvalue weighted by molar-refractivity contribution is 5.90. The molecule has 0 aliphatic heterocycles. The molecule has 0 saturated carbocycles. The van der Waals surface area contributed by atoms with Crippen LogP contribution in [0.2, 0.25) is 0 Å². The molecular weight excluding hydrogens is 373 g/mol. The van der Waals surface area contributed by atoms with E-state index >= 15 is 0 Å². The topological polar surface area (TPSA) is 72.5 Å². The molecule has 0 aliphatic carbocycles. The smallest absolute Gasteiger partial charge is 0.225 e. The van der Waals surface area contributed by atoms with Gasteiger partial charge in [-0.3, -0.25) is 4.79 Å². The number of nitrogens with zero attached hydrogens (tertiary/aromatic N) is 1. The Bertz CT molecular complexity index is 977. The van der Waals surface area contributed by atoms with Gasteiger partial charge in [-0.2, -0.15) is 0 Å². The minimum Gasteiger partial charge on any atom is -0.493 e. The van der Waals surface area contributed by atoms with Gasteiger partial charge in [0.05, 0.1) is 26.1 Å². The first-order chi connectivity index (χ1) is 14.1. The fourth-order valence-corrected chi connectivity index (χ4v) is 2.77. The first kappa shape index (κ1) is 20.1. The summed E-state index contributed by atoms with van der Waals surface area (Å²) in [4.78, 5) is 16.4. The molecule has 1 heterocycles. The Balaban J connectivity index is 1.53. The van der Waals surface area contributed by atoms with Crippen LogP contribution >= 0.6 is 0 Å². The molecular formula is C22H22FN3O3. The van der Waals surface area contributed by atoms with Crippen LogP contribution in [0.4, 0.5) is 21.6 Å². The molecule has 2 N–H and O–H groups in total. The second kappa shape index (κ2) is 9.54. The average molecular weight is 395 g/mol. The van der Waals surface area contributed by atoms with Crippen molar-refractivity contribution >= 4 is 23.1 Å². The maximum absolute atomic E-state index is 13.2. The average Bonchev–Trinajstić information content (AvgIpc) is 2.73. The number of amides is 1. The lowest BCUT2D eigenvalue weighted by atomic mass is 10.1. The quantitative estimate of drug-likeness (QED) is 0.585. The third-order valence-electron chi connectivity index (χ3n) is 4.23. The van der Waals surface area contributed by atoms with Gasteiger partial charge < -0.3 is 20.1 Å². The fraction of sp³-hybridized carbons (Fsp3) is 0.182. The molecule has 0 spiro atoms.